The summed E-state index contributed by atoms with van der Waals surface area (Å²) in [6, 6.07) is 2.65. The summed E-state index contributed by atoms with van der Waals surface area (Å²) in [6.45, 7) is 0. The topological polar surface area (TPSA) is 63.2 Å². The van der Waals surface area contributed by atoms with Crippen LogP contribution < -0.4 is 5.32 Å². The van der Waals surface area contributed by atoms with Crippen LogP contribution in [-0.2, 0) is 21.4 Å². The number of benzene rings is 1. The van der Waals surface area contributed by atoms with E-state index in [9.17, 15) is 17.1 Å². The molecule has 86 valence electrons. The Morgan fingerprint density at radius 3 is 2.62 bits per heavy atom. The molecule has 0 spiro atoms. The van der Waals surface area contributed by atoms with Crippen molar-refractivity contribution in [3.8, 4) is 0 Å². The summed E-state index contributed by atoms with van der Waals surface area (Å²) in [4.78, 5) is 10.6. The first kappa shape index (κ1) is 11.5. The first-order valence-corrected chi connectivity index (χ1v) is 6.62. The zero-order valence-corrected chi connectivity index (χ0v) is 10.4. The highest BCUT2D eigenvalue weighted by Gasteiger charge is 2.22. The molecule has 1 N–H and O–H groups in total. The van der Waals surface area contributed by atoms with E-state index in [4.69, 9.17) is 0 Å². The Bertz CT molecular complexity index is 570. The summed E-state index contributed by atoms with van der Waals surface area (Å²) in [5.74, 6) is -0.197. The van der Waals surface area contributed by atoms with E-state index in [0.717, 1.165) is 11.6 Å². The normalized spacial score (nSPS) is 15.5. The van der Waals surface area contributed by atoms with Crippen LogP contribution in [0.5, 0.6) is 0 Å². The van der Waals surface area contributed by atoms with E-state index in [1.807, 2.05) is 0 Å². The molecule has 7 heteroatoms. The second-order valence-electron chi connectivity index (χ2n) is 3.43. The van der Waals surface area contributed by atoms with Crippen LogP contribution in [0, 0.1) is 0 Å². The van der Waals surface area contributed by atoms with Crippen LogP contribution in [0.1, 0.15) is 12.0 Å². The van der Waals surface area contributed by atoms with E-state index in [1.165, 1.54) is 6.07 Å². The number of fused-ring (bicyclic) bond motifs is 1. The fourth-order valence-corrected chi connectivity index (χ4v) is 3.09. The third-order valence-electron chi connectivity index (χ3n) is 2.32. The molecule has 2 rings (SSSR count). The molecule has 0 unspecified atom stereocenters. The number of halogens is 2. The zero-order chi connectivity index (χ0) is 11.9. The molecule has 0 radical (unpaired) electrons. The SMILES string of the molecule is O=C1CCc2cc(Br)c(S(=O)(=O)F)cc2N1. The Kier molecular flexibility index (Phi) is 2.75. The summed E-state index contributed by atoms with van der Waals surface area (Å²) in [5.41, 5.74) is 1.15. The summed E-state index contributed by atoms with van der Waals surface area (Å²) in [7, 11) is -4.78. The predicted molar refractivity (Wildman–Crippen MR) is 59.4 cm³/mol. The Morgan fingerprint density at radius 1 is 1.31 bits per heavy atom. The number of nitrogens with one attached hydrogen (secondary N) is 1. The highest BCUT2D eigenvalue weighted by molar-refractivity contribution is 9.10. The van der Waals surface area contributed by atoms with Crippen molar-refractivity contribution in [1.82, 2.24) is 0 Å². The van der Waals surface area contributed by atoms with Crippen LogP contribution in [0.4, 0.5) is 9.57 Å². The van der Waals surface area contributed by atoms with Gasteiger partial charge >= 0.3 is 10.2 Å². The van der Waals surface area contributed by atoms with Gasteiger partial charge in [-0.1, -0.05) is 0 Å². The molecule has 0 saturated heterocycles. The average Bonchev–Trinajstić information content (AvgIpc) is 2.16. The van der Waals surface area contributed by atoms with Gasteiger partial charge in [0.1, 0.15) is 4.90 Å². The molecule has 0 atom stereocenters. The van der Waals surface area contributed by atoms with E-state index < -0.39 is 15.1 Å². The second-order valence-corrected chi connectivity index (χ2v) is 5.60. The van der Waals surface area contributed by atoms with E-state index in [1.54, 1.807) is 0 Å². The fourth-order valence-electron chi connectivity index (χ4n) is 1.57. The van der Waals surface area contributed by atoms with Gasteiger partial charge in [0.15, 0.2) is 0 Å². The highest BCUT2D eigenvalue weighted by Crippen LogP contribution is 2.32. The first-order valence-electron chi connectivity index (χ1n) is 4.45. The van der Waals surface area contributed by atoms with Crippen LogP contribution in [0.15, 0.2) is 21.5 Å². The summed E-state index contributed by atoms with van der Waals surface area (Å²) < 4.78 is 34.7. The maximum absolute atomic E-state index is 12.9. The van der Waals surface area contributed by atoms with Gasteiger partial charge in [-0.2, -0.15) is 8.42 Å². The summed E-state index contributed by atoms with van der Waals surface area (Å²) in [5, 5.41) is 2.51. The van der Waals surface area contributed by atoms with Crippen molar-refractivity contribution in [3.05, 3.63) is 22.2 Å². The smallest absolute Gasteiger partial charge is 0.326 e. The van der Waals surface area contributed by atoms with E-state index in [0.29, 0.717) is 18.5 Å². The summed E-state index contributed by atoms with van der Waals surface area (Å²) in [6.07, 6.45) is 0.869. The third kappa shape index (κ3) is 2.10. The minimum absolute atomic E-state index is 0.171. The third-order valence-corrected chi connectivity index (χ3v) is 4.10. The molecule has 16 heavy (non-hydrogen) atoms. The number of carbonyl (C=O) groups is 1. The molecule has 0 saturated carbocycles. The van der Waals surface area contributed by atoms with Crippen LogP contribution in [0.3, 0.4) is 0 Å². The van der Waals surface area contributed by atoms with Gasteiger partial charge in [-0.25, -0.2) is 0 Å². The Hall–Kier alpha value is -0.950. The van der Waals surface area contributed by atoms with Gasteiger partial charge in [-0.3, -0.25) is 4.79 Å². The molecule has 1 heterocycles. The maximum Gasteiger partial charge on any atom is 0.333 e. The standard InChI is InChI=1S/C9H7BrFNO3S/c10-6-3-5-1-2-9(13)12-7(5)4-8(6)16(11,14)15/h3-4H,1-2H2,(H,12,13). The molecule has 0 bridgehead atoms. The van der Waals surface area contributed by atoms with Gasteiger partial charge in [-0.05, 0) is 40.0 Å². The molecule has 1 aliphatic rings. The Labute approximate surface area is 100 Å². The number of rotatable bonds is 1. The molecule has 1 aromatic carbocycles. The van der Waals surface area contributed by atoms with Gasteiger partial charge in [0.05, 0.1) is 0 Å². The summed E-state index contributed by atoms with van der Waals surface area (Å²) >= 11 is 2.99. The van der Waals surface area contributed by atoms with Crippen LogP contribution in [-0.4, -0.2) is 14.3 Å². The lowest BCUT2D eigenvalue weighted by Gasteiger charge is -2.17. The molecule has 4 nitrogen and oxygen atoms in total. The second kappa shape index (κ2) is 3.81. The quantitative estimate of drug-likeness (QED) is 0.807. The largest absolute Gasteiger partial charge is 0.333 e. The van der Waals surface area contributed by atoms with Crippen LogP contribution >= 0.6 is 15.9 Å². The molecular formula is C9H7BrFNO3S. The van der Waals surface area contributed by atoms with Crippen molar-refractivity contribution in [2.24, 2.45) is 0 Å². The van der Waals surface area contributed by atoms with E-state index >= 15 is 0 Å². The van der Waals surface area contributed by atoms with Crippen LogP contribution in [0.2, 0.25) is 0 Å². The molecular weight excluding hydrogens is 301 g/mol. The lowest BCUT2D eigenvalue weighted by molar-refractivity contribution is -0.116. The fraction of sp³-hybridized carbons (Fsp3) is 0.222. The number of amides is 1. The van der Waals surface area contributed by atoms with Gasteiger partial charge in [-0.15, -0.1) is 3.89 Å². The molecule has 1 aromatic rings. The lowest BCUT2D eigenvalue weighted by Crippen LogP contribution is -2.19. The highest BCUT2D eigenvalue weighted by atomic mass is 79.9. The van der Waals surface area contributed by atoms with Crippen molar-refractivity contribution < 1.29 is 17.1 Å². The first-order chi connectivity index (χ1) is 7.38. The number of anilines is 1. The minimum atomic E-state index is -4.78. The van der Waals surface area contributed by atoms with Gasteiger partial charge in [0.25, 0.3) is 0 Å². The lowest BCUT2D eigenvalue weighted by atomic mass is 10.0. The van der Waals surface area contributed by atoms with Crippen LogP contribution in [0.25, 0.3) is 0 Å². The zero-order valence-electron chi connectivity index (χ0n) is 7.96. The molecule has 0 fully saturated rings. The van der Waals surface area contributed by atoms with Crippen molar-refractivity contribution in [1.29, 1.82) is 0 Å². The Morgan fingerprint density at radius 2 is 2.00 bits per heavy atom. The number of aryl methyl sites for hydroxylation is 1. The predicted octanol–water partition coefficient (Wildman–Crippen LogP) is 1.99. The molecule has 1 aliphatic heterocycles. The molecule has 0 aromatic heterocycles. The monoisotopic (exact) mass is 307 g/mol. The average molecular weight is 308 g/mol. The number of hydrogen-bond acceptors (Lipinski definition) is 3. The van der Waals surface area contributed by atoms with Gasteiger partial charge in [0, 0.05) is 16.6 Å². The van der Waals surface area contributed by atoms with Crippen molar-refractivity contribution in [2.45, 2.75) is 17.7 Å². The Balaban J connectivity index is 2.60. The van der Waals surface area contributed by atoms with Crippen molar-refractivity contribution in [2.75, 3.05) is 5.32 Å². The van der Waals surface area contributed by atoms with E-state index in [-0.39, 0.29) is 10.4 Å². The van der Waals surface area contributed by atoms with Crippen molar-refractivity contribution >= 4 is 37.7 Å². The maximum atomic E-state index is 12.9. The molecule has 1 amide bonds. The minimum Gasteiger partial charge on any atom is -0.326 e. The van der Waals surface area contributed by atoms with Gasteiger partial charge < -0.3 is 5.32 Å². The number of carbonyl (C=O) groups excluding carboxylic acids is 1. The number of hydrogen-bond donors (Lipinski definition) is 1. The van der Waals surface area contributed by atoms with Gasteiger partial charge in [0.2, 0.25) is 5.91 Å². The van der Waals surface area contributed by atoms with E-state index in [2.05, 4.69) is 21.2 Å². The molecule has 0 aliphatic carbocycles. The van der Waals surface area contributed by atoms with Crippen molar-refractivity contribution in [3.63, 3.8) is 0 Å².